The molecule has 5 rings (SSSR count). The van der Waals surface area contributed by atoms with Gasteiger partial charge in [0, 0.05) is 22.8 Å². The number of nitrogens with one attached hydrogen (secondary N) is 1. The van der Waals surface area contributed by atoms with Crippen molar-refractivity contribution >= 4 is 79.2 Å². The molecule has 0 aromatic carbocycles. The van der Waals surface area contributed by atoms with Crippen LogP contribution in [0.5, 0.6) is 0 Å². The maximum Gasteiger partial charge on any atom is 0.365 e. The smallest absolute Gasteiger partial charge is 0.365 e. The number of thioether (sulfide) groups is 1. The third kappa shape index (κ3) is 4.54. The number of fused-ring (bicyclic) bond motifs is 2. The number of hydrogen-bond acceptors (Lipinski definition) is 12. The van der Waals surface area contributed by atoms with Gasteiger partial charge < -0.3 is 26.1 Å². The highest BCUT2D eigenvalue weighted by molar-refractivity contribution is 8.00. The summed E-state index contributed by atoms with van der Waals surface area (Å²) >= 11 is 3.46. The van der Waals surface area contributed by atoms with Crippen molar-refractivity contribution in [1.29, 1.82) is 0 Å². The van der Waals surface area contributed by atoms with E-state index in [0.717, 1.165) is 27.6 Å². The number of thiazole rings is 2. The molecular weight excluding hydrogens is 558 g/mol. The van der Waals surface area contributed by atoms with Gasteiger partial charge in [0.1, 0.15) is 35.4 Å². The Morgan fingerprint density at radius 1 is 1.32 bits per heavy atom. The molecule has 0 saturated carbocycles. The molecule has 196 valence electrons. The van der Waals surface area contributed by atoms with E-state index in [4.69, 9.17) is 10.6 Å². The molecule has 0 radical (unpaired) electrons. The van der Waals surface area contributed by atoms with Gasteiger partial charge in [-0.3, -0.25) is 14.5 Å². The monoisotopic (exact) mass is 576 g/mol. The molecule has 1 unspecified atom stereocenters. The fourth-order valence-electron chi connectivity index (χ4n) is 4.04. The number of rotatable bonds is 8. The van der Waals surface area contributed by atoms with Crippen LogP contribution >= 0.6 is 34.4 Å². The zero-order valence-electron chi connectivity index (χ0n) is 19.4. The van der Waals surface area contributed by atoms with Crippen LogP contribution in [0.1, 0.15) is 15.5 Å². The van der Waals surface area contributed by atoms with Gasteiger partial charge in [0.05, 0.1) is 4.70 Å². The van der Waals surface area contributed by atoms with Gasteiger partial charge in [-0.05, 0) is 0 Å². The Bertz CT molecular complexity index is 1560. The Hall–Kier alpha value is -4.09. The van der Waals surface area contributed by atoms with E-state index in [2.05, 4.69) is 20.4 Å². The van der Waals surface area contributed by atoms with Gasteiger partial charge in [-0.2, -0.15) is 4.57 Å². The second kappa shape index (κ2) is 9.99. The van der Waals surface area contributed by atoms with Crippen molar-refractivity contribution < 1.29 is 38.8 Å². The van der Waals surface area contributed by atoms with Gasteiger partial charge in [0.2, 0.25) is 5.01 Å². The number of oxime groups is 1. The summed E-state index contributed by atoms with van der Waals surface area (Å²) in [6, 6.07) is 0.726. The number of β-lactam (4-membered cyclic amide) rings is 1. The number of hydrogen-bond donors (Lipinski definition) is 4. The molecule has 5 heterocycles. The number of nitrogen functional groups attached to an aromatic ring is 1. The van der Waals surface area contributed by atoms with Crippen molar-refractivity contribution in [2.24, 2.45) is 5.16 Å². The molecule has 5 N–H and O–H groups in total. The third-order valence-corrected chi connectivity index (χ3v) is 8.68. The zero-order chi connectivity index (χ0) is 27.1. The summed E-state index contributed by atoms with van der Waals surface area (Å²) in [5.74, 6) is -3.41. The topological polar surface area (TPSA) is 201 Å². The molecule has 14 nitrogen and oxygen atoms in total. The van der Waals surface area contributed by atoms with Gasteiger partial charge in [-0.15, -0.1) is 34.4 Å². The largest absolute Gasteiger partial charge is 0.477 e. The maximum atomic E-state index is 13.0. The highest BCUT2D eigenvalue weighted by Gasteiger charge is 2.54. The van der Waals surface area contributed by atoms with Gasteiger partial charge in [-0.25, -0.2) is 19.6 Å². The van der Waals surface area contributed by atoms with E-state index in [1.807, 2.05) is 0 Å². The first-order valence-corrected chi connectivity index (χ1v) is 13.5. The molecule has 2 aliphatic rings. The Kier molecular flexibility index (Phi) is 6.72. The van der Waals surface area contributed by atoms with E-state index >= 15 is 0 Å². The molecule has 2 aliphatic heterocycles. The van der Waals surface area contributed by atoms with Crippen LogP contribution in [-0.2, 0) is 25.8 Å². The highest BCUT2D eigenvalue weighted by Crippen LogP contribution is 2.40. The molecule has 2 amide bonds. The minimum Gasteiger partial charge on any atom is -0.477 e. The van der Waals surface area contributed by atoms with E-state index in [0.29, 0.717) is 15.8 Å². The number of pyridine rings is 1. The SMILES string of the molecule is CO/N=C(/C(=O)NC1C(=O)N2C(C(=O)O)=C(C[n+]3ccc4sc(C(=O)O)nc4c3)CS[C@H]12)c1csc(N)n1. The number of anilines is 1. The molecule has 0 spiro atoms. The summed E-state index contributed by atoms with van der Waals surface area (Å²) in [5, 5.41) is 26.5. The van der Waals surface area contributed by atoms with E-state index in [9.17, 15) is 29.4 Å². The van der Waals surface area contributed by atoms with Gasteiger partial charge in [0.15, 0.2) is 29.8 Å². The average molecular weight is 577 g/mol. The number of carbonyl (C=O) groups excluding carboxylic acids is 2. The Morgan fingerprint density at radius 3 is 2.76 bits per heavy atom. The third-order valence-electron chi connectivity index (χ3n) is 5.64. The summed E-state index contributed by atoms with van der Waals surface area (Å²) in [6.45, 7) is 0.147. The normalized spacial score (nSPS) is 19.2. The van der Waals surface area contributed by atoms with Crippen LogP contribution in [0.25, 0.3) is 10.2 Å². The number of aromatic carboxylic acids is 1. The number of carboxylic acids is 2. The lowest BCUT2D eigenvalue weighted by Crippen LogP contribution is -2.71. The lowest BCUT2D eigenvalue weighted by molar-refractivity contribution is -0.687. The zero-order valence-corrected chi connectivity index (χ0v) is 21.8. The second-order valence-corrected chi connectivity index (χ2v) is 11.0. The van der Waals surface area contributed by atoms with Crippen LogP contribution in [0.2, 0.25) is 0 Å². The summed E-state index contributed by atoms with van der Waals surface area (Å²) < 4.78 is 2.36. The Balaban J connectivity index is 1.36. The van der Waals surface area contributed by atoms with E-state index < -0.39 is 35.2 Å². The quantitative estimate of drug-likeness (QED) is 0.123. The molecule has 17 heteroatoms. The molecule has 2 atom stereocenters. The number of carboxylic acid groups (broad SMARTS) is 2. The van der Waals surface area contributed by atoms with Crippen LogP contribution in [0.3, 0.4) is 0 Å². The number of nitrogens with two attached hydrogens (primary N) is 1. The van der Waals surface area contributed by atoms with Crippen LogP contribution in [0, 0.1) is 0 Å². The lowest BCUT2D eigenvalue weighted by Gasteiger charge is -2.49. The van der Waals surface area contributed by atoms with E-state index in [1.54, 1.807) is 23.0 Å². The van der Waals surface area contributed by atoms with Crippen LogP contribution in [0.4, 0.5) is 5.13 Å². The predicted octanol–water partition coefficient (Wildman–Crippen LogP) is 0.110. The summed E-state index contributed by atoms with van der Waals surface area (Å²) in [7, 11) is 1.26. The van der Waals surface area contributed by atoms with Gasteiger partial charge >= 0.3 is 11.9 Å². The minimum absolute atomic E-state index is 0.0459. The number of carbonyl (C=O) groups is 4. The van der Waals surface area contributed by atoms with Gasteiger partial charge in [-0.1, -0.05) is 5.16 Å². The number of aliphatic carboxylic acids is 1. The van der Waals surface area contributed by atoms with Crippen LogP contribution < -0.4 is 15.6 Å². The summed E-state index contributed by atoms with van der Waals surface area (Å²) in [4.78, 5) is 63.3. The summed E-state index contributed by atoms with van der Waals surface area (Å²) in [6.07, 6.45) is 3.32. The standard InChI is InChI=1S/C21H17N7O7S3/c1-35-26-12(10-7-37-21(22)24-10)15(29)25-13-17(30)28-14(19(31)32)8(6-36-18(13)28)4-27-3-2-11-9(5-27)23-16(38-11)20(33)34/h2-3,5,7,13,18H,4,6H2,1H3,(H4-,22,24,25,29,31,32,33,34)/p+1/b26-12+/t13?,18-/m1/s1. The Morgan fingerprint density at radius 2 is 2.11 bits per heavy atom. The molecule has 0 aliphatic carbocycles. The van der Waals surface area contributed by atoms with Gasteiger partial charge in [0.25, 0.3) is 11.8 Å². The second-order valence-electron chi connectivity index (χ2n) is 8.00. The van der Waals surface area contributed by atoms with Crippen molar-refractivity contribution in [3.05, 3.63) is 45.8 Å². The molecule has 3 aromatic heterocycles. The first-order chi connectivity index (χ1) is 18.2. The first-order valence-electron chi connectivity index (χ1n) is 10.7. The summed E-state index contributed by atoms with van der Waals surface area (Å²) in [5.41, 5.74) is 6.45. The number of aromatic nitrogens is 3. The van der Waals surface area contributed by atoms with Crippen molar-refractivity contribution in [2.45, 2.75) is 18.0 Å². The molecule has 1 fully saturated rings. The van der Waals surface area contributed by atoms with Crippen molar-refractivity contribution in [3.8, 4) is 0 Å². The maximum absolute atomic E-state index is 13.0. The average Bonchev–Trinajstić information content (AvgIpc) is 3.51. The van der Waals surface area contributed by atoms with Crippen molar-refractivity contribution in [1.82, 2.24) is 20.2 Å². The molecule has 38 heavy (non-hydrogen) atoms. The molecule has 1 saturated heterocycles. The fraction of sp³-hybridized carbons (Fsp3) is 0.238. The lowest BCUT2D eigenvalue weighted by atomic mass is 10.0. The molecule has 0 bridgehead atoms. The predicted molar refractivity (Wildman–Crippen MR) is 137 cm³/mol. The van der Waals surface area contributed by atoms with Crippen LogP contribution in [-0.4, -0.2) is 78.8 Å². The first kappa shape index (κ1) is 25.6. The number of amides is 2. The van der Waals surface area contributed by atoms with Crippen LogP contribution in [0.15, 0.2) is 40.3 Å². The van der Waals surface area contributed by atoms with E-state index in [1.165, 1.54) is 24.3 Å². The van der Waals surface area contributed by atoms with E-state index in [-0.39, 0.29) is 39.5 Å². The molecular formula is C21H18N7O7S3+. The van der Waals surface area contributed by atoms with Crippen molar-refractivity contribution in [3.63, 3.8) is 0 Å². The number of nitrogens with zero attached hydrogens (tertiary/aromatic N) is 5. The van der Waals surface area contributed by atoms with Crippen molar-refractivity contribution in [2.75, 3.05) is 18.6 Å². The highest BCUT2D eigenvalue weighted by atomic mass is 32.2. The minimum atomic E-state index is -1.27. The molecule has 3 aromatic rings. The Labute approximate surface area is 225 Å². The fourth-order valence-corrected chi connectivity index (χ4v) is 6.69.